The third kappa shape index (κ3) is 11.3. The fraction of sp³-hybridized carbons (Fsp3) is 0.500. The van der Waals surface area contributed by atoms with E-state index in [1.165, 1.54) is 28.6 Å². The number of anilines is 1. The van der Waals surface area contributed by atoms with Crippen molar-refractivity contribution in [1.29, 1.82) is 0 Å². The summed E-state index contributed by atoms with van der Waals surface area (Å²) >= 11 is 0. The highest BCUT2D eigenvalue weighted by molar-refractivity contribution is 7.89. The molecular formula is C34H44N4O11S. The molecule has 0 bridgehead atoms. The Hall–Kier alpha value is -4.38. The number of imide groups is 1. The monoisotopic (exact) mass is 716 g/mol. The molecule has 0 aliphatic carbocycles. The number of aliphatic hydroxyl groups excluding tert-OH is 1. The quantitative estimate of drug-likeness (QED) is 0.204. The van der Waals surface area contributed by atoms with Crippen LogP contribution in [-0.4, -0.2) is 97.2 Å². The number of nitrogens with zero attached hydrogens (tertiary/aromatic N) is 2. The third-order valence-corrected chi connectivity index (χ3v) is 9.79. The van der Waals surface area contributed by atoms with Crippen LogP contribution >= 0.6 is 0 Å². The summed E-state index contributed by atoms with van der Waals surface area (Å²) in [5, 5.41) is 17.2. The van der Waals surface area contributed by atoms with E-state index in [2.05, 4.69) is 10.6 Å². The van der Waals surface area contributed by atoms with Gasteiger partial charge in [-0.3, -0.25) is 14.4 Å². The number of aliphatic hydroxyl groups is 1. The van der Waals surface area contributed by atoms with E-state index in [1.54, 1.807) is 0 Å². The molecule has 2 aliphatic rings. The lowest BCUT2D eigenvalue weighted by atomic mass is 10.0. The van der Waals surface area contributed by atoms with Gasteiger partial charge in [-0.25, -0.2) is 18.0 Å². The lowest BCUT2D eigenvalue weighted by Gasteiger charge is -2.30. The van der Waals surface area contributed by atoms with E-state index in [0.717, 1.165) is 5.56 Å². The van der Waals surface area contributed by atoms with Gasteiger partial charge in [0.2, 0.25) is 15.9 Å². The Morgan fingerprint density at radius 3 is 2.30 bits per heavy atom. The first-order valence-electron chi connectivity index (χ1n) is 16.6. The maximum atomic E-state index is 13.9. The number of carbonyl (C=O) groups is 5. The molecule has 2 saturated heterocycles. The molecule has 4 rings (SSSR count). The predicted octanol–water partition coefficient (Wildman–Crippen LogP) is 2.54. The Morgan fingerprint density at radius 2 is 1.68 bits per heavy atom. The maximum Gasteiger partial charge on any atom is 0.407 e. The second-order valence-corrected chi connectivity index (χ2v) is 14.5. The largest absolute Gasteiger partial charge is 0.444 e. The number of alkyl carbamates (subject to hydrolysis) is 1. The molecule has 3 atom stereocenters. The lowest BCUT2D eigenvalue weighted by Crippen LogP contribution is -2.51. The molecule has 2 heterocycles. The molecule has 2 aromatic rings. The van der Waals surface area contributed by atoms with Crippen molar-refractivity contribution in [3.63, 3.8) is 0 Å². The van der Waals surface area contributed by atoms with Gasteiger partial charge >= 0.3 is 12.1 Å². The molecule has 16 heteroatoms. The highest BCUT2D eigenvalue weighted by Gasteiger charge is 2.34. The summed E-state index contributed by atoms with van der Waals surface area (Å²) in [6.45, 7) is 4.23. The number of carbonyl (C=O) groups excluding carboxylic acids is 5. The van der Waals surface area contributed by atoms with Crippen LogP contribution in [0.2, 0.25) is 0 Å². The van der Waals surface area contributed by atoms with Crippen LogP contribution in [0.15, 0.2) is 59.5 Å². The van der Waals surface area contributed by atoms with Crippen molar-refractivity contribution >= 4 is 45.5 Å². The van der Waals surface area contributed by atoms with Gasteiger partial charge in [0.15, 0.2) is 0 Å². The van der Waals surface area contributed by atoms with Gasteiger partial charge in [-0.05, 0) is 48.6 Å². The molecule has 2 aliphatic heterocycles. The second-order valence-electron chi connectivity index (χ2n) is 12.6. The zero-order valence-electron chi connectivity index (χ0n) is 28.1. The number of rotatable bonds is 17. The van der Waals surface area contributed by atoms with Crippen LogP contribution in [0.25, 0.3) is 0 Å². The fourth-order valence-corrected chi connectivity index (χ4v) is 7.01. The highest BCUT2D eigenvalue weighted by Crippen LogP contribution is 2.22. The van der Waals surface area contributed by atoms with Crippen molar-refractivity contribution in [2.45, 2.75) is 81.9 Å². The van der Waals surface area contributed by atoms with Crippen LogP contribution < -0.4 is 10.6 Å². The zero-order chi connectivity index (χ0) is 36.3. The smallest absolute Gasteiger partial charge is 0.407 e. The van der Waals surface area contributed by atoms with Crippen molar-refractivity contribution in [3.8, 4) is 0 Å². The van der Waals surface area contributed by atoms with Crippen LogP contribution in [0.1, 0.15) is 57.9 Å². The molecule has 0 unspecified atom stereocenters. The molecule has 0 aromatic heterocycles. The van der Waals surface area contributed by atoms with E-state index in [4.69, 9.17) is 14.3 Å². The first-order chi connectivity index (χ1) is 23.8. The van der Waals surface area contributed by atoms with Gasteiger partial charge in [-0.15, -0.1) is 5.06 Å². The zero-order valence-corrected chi connectivity index (χ0v) is 28.9. The Kier molecular flexibility index (Phi) is 13.9. The van der Waals surface area contributed by atoms with E-state index >= 15 is 0 Å². The molecule has 0 spiro atoms. The molecular weight excluding hydrogens is 672 g/mol. The van der Waals surface area contributed by atoms with Crippen molar-refractivity contribution in [2.24, 2.45) is 5.92 Å². The number of hydroxylamine groups is 2. The van der Waals surface area contributed by atoms with Gasteiger partial charge < -0.3 is 30.1 Å². The second kappa shape index (κ2) is 18.0. The summed E-state index contributed by atoms with van der Waals surface area (Å²) in [5.74, 6) is -2.54. The molecule has 50 heavy (non-hydrogen) atoms. The summed E-state index contributed by atoms with van der Waals surface area (Å²) in [7, 11) is -4.13. The van der Waals surface area contributed by atoms with Gasteiger partial charge in [0.1, 0.15) is 6.10 Å². The summed E-state index contributed by atoms with van der Waals surface area (Å²) in [6.07, 6.45) is -1.87. The van der Waals surface area contributed by atoms with Crippen LogP contribution in [0.3, 0.4) is 0 Å². The van der Waals surface area contributed by atoms with Crippen molar-refractivity contribution in [1.82, 2.24) is 14.7 Å². The average molecular weight is 717 g/mol. The van der Waals surface area contributed by atoms with Gasteiger partial charge in [-0.1, -0.05) is 44.2 Å². The van der Waals surface area contributed by atoms with Crippen molar-refractivity contribution < 1.29 is 51.8 Å². The Morgan fingerprint density at radius 1 is 1.00 bits per heavy atom. The van der Waals surface area contributed by atoms with Crippen LogP contribution in [0.5, 0.6) is 0 Å². The van der Waals surface area contributed by atoms with Crippen LogP contribution in [-0.2, 0) is 49.9 Å². The summed E-state index contributed by atoms with van der Waals surface area (Å²) in [5.41, 5.74) is 1.14. The molecule has 2 aromatic carbocycles. The van der Waals surface area contributed by atoms with E-state index in [1.807, 2.05) is 44.2 Å². The number of amides is 4. The minimum atomic E-state index is -4.13. The number of hydrogen-bond donors (Lipinski definition) is 3. The van der Waals surface area contributed by atoms with Crippen molar-refractivity contribution in [2.75, 3.05) is 31.6 Å². The minimum Gasteiger partial charge on any atom is -0.444 e. The normalized spacial score (nSPS) is 17.5. The average Bonchev–Trinajstić information content (AvgIpc) is 3.69. The molecule has 0 radical (unpaired) electrons. The molecule has 15 nitrogen and oxygen atoms in total. The highest BCUT2D eigenvalue weighted by atomic mass is 32.2. The van der Waals surface area contributed by atoms with Gasteiger partial charge in [0.25, 0.3) is 11.8 Å². The number of benzene rings is 2. The number of sulfonamides is 1. The minimum absolute atomic E-state index is 0.0197. The number of hydrogen-bond acceptors (Lipinski definition) is 11. The molecule has 0 saturated carbocycles. The van der Waals surface area contributed by atoms with Crippen LogP contribution in [0.4, 0.5) is 10.5 Å². The first-order valence-corrected chi connectivity index (χ1v) is 18.0. The first kappa shape index (κ1) is 38.4. The lowest BCUT2D eigenvalue weighted by molar-refractivity contribution is -0.197. The van der Waals surface area contributed by atoms with E-state index in [-0.39, 0.29) is 69.0 Å². The van der Waals surface area contributed by atoms with E-state index in [9.17, 15) is 37.5 Å². The summed E-state index contributed by atoms with van der Waals surface area (Å²) < 4.78 is 39.6. The maximum absolute atomic E-state index is 13.9. The van der Waals surface area contributed by atoms with Gasteiger partial charge in [0, 0.05) is 50.9 Å². The van der Waals surface area contributed by atoms with Crippen molar-refractivity contribution in [3.05, 3.63) is 60.2 Å². The SMILES string of the molecule is CC(C)CN(C[C@@H](O)[C@H](Cc1ccccc1)NC(=O)O[C@H]1CCOC1)S(=O)(=O)c1ccc(NC(=O)CCCC(=O)ON2C(=O)CCC2=O)cc1. The predicted molar refractivity (Wildman–Crippen MR) is 178 cm³/mol. The Bertz CT molecular complexity index is 1580. The Balaban J connectivity index is 1.36. The summed E-state index contributed by atoms with van der Waals surface area (Å²) in [6, 6.07) is 13.8. The standard InChI is InChI=1S/C34H44N4O11S/c1-23(2)20-37(21-29(39)28(19-24-7-4-3-5-8-24)36-34(44)48-26-17-18-47-22-26)50(45,46)27-13-11-25(12-14-27)35-30(40)9-6-10-33(43)49-38-31(41)15-16-32(38)42/h3-5,7-8,11-14,23,26,28-29,39H,6,9-10,15-22H2,1-2H3,(H,35,40)(H,36,44)/t26-,28-,29+/m0/s1. The van der Waals surface area contributed by atoms with Crippen LogP contribution in [0, 0.1) is 5.92 Å². The summed E-state index contributed by atoms with van der Waals surface area (Å²) in [4.78, 5) is 65.1. The number of nitrogens with one attached hydrogen (secondary N) is 2. The topological polar surface area (TPSA) is 198 Å². The molecule has 2 fully saturated rings. The van der Waals surface area contributed by atoms with Gasteiger partial charge in [0.05, 0.1) is 30.3 Å². The van der Waals surface area contributed by atoms with E-state index < -0.39 is 58.1 Å². The Labute approximate surface area is 291 Å². The molecule has 272 valence electrons. The van der Waals surface area contributed by atoms with E-state index in [0.29, 0.717) is 23.8 Å². The molecule has 3 N–H and O–H groups in total. The molecule has 4 amide bonds. The number of ether oxygens (including phenoxy) is 2. The van der Waals surface area contributed by atoms with Gasteiger partial charge in [-0.2, -0.15) is 4.31 Å². The third-order valence-electron chi connectivity index (χ3n) is 7.95. The fourth-order valence-electron chi connectivity index (χ4n) is 5.39.